The zero-order valence-corrected chi connectivity index (χ0v) is 12.5. The van der Waals surface area contributed by atoms with Crippen molar-refractivity contribution in [2.75, 3.05) is 12.8 Å². The number of nitrogen functional groups attached to an aromatic ring is 1. The molecule has 1 aromatic carbocycles. The quantitative estimate of drug-likeness (QED) is 0.366. The van der Waals surface area contributed by atoms with Crippen LogP contribution in [0.1, 0.15) is 26.3 Å². The molecule has 2 N–H and O–H groups in total. The van der Waals surface area contributed by atoms with Gasteiger partial charge in [-0.15, -0.1) is 0 Å². The molecule has 0 aliphatic rings. The molecule has 0 fully saturated rings. The van der Waals surface area contributed by atoms with Crippen LogP contribution in [0.25, 0.3) is 0 Å². The molecular weight excluding hydrogens is 333 g/mol. The molecular formula is C12H16INO3. The lowest BCUT2D eigenvalue weighted by atomic mass is 9.86. The number of rotatable bonds is 1. The van der Waals surface area contributed by atoms with Crippen molar-refractivity contribution in [1.29, 1.82) is 0 Å². The average molecular weight is 349 g/mol. The molecule has 0 spiro atoms. The summed E-state index contributed by atoms with van der Waals surface area (Å²) in [6.45, 7) is 6.24. The van der Waals surface area contributed by atoms with Crippen LogP contribution in [0.15, 0.2) is 12.1 Å². The van der Waals surface area contributed by atoms with Crippen LogP contribution >= 0.6 is 22.6 Å². The van der Waals surface area contributed by atoms with E-state index in [9.17, 15) is 4.79 Å². The summed E-state index contributed by atoms with van der Waals surface area (Å²) in [5, 5.41) is 0. The lowest BCUT2D eigenvalue weighted by Gasteiger charge is -2.22. The summed E-state index contributed by atoms with van der Waals surface area (Å²) in [6, 6.07) is 3.58. The highest BCUT2D eigenvalue weighted by atomic mass is 127. The monoisotopic (exact) mass is 349 g/mol. The zero-order chi connectivity index (χ0) is 13.2. The maximum atomic E-state index is 11.0. The van der Waals surface area contributed by atoms with Crippen LogP contribution in [0.4, 0.5) is 10.5 Å². The fourth-order valence-electron chi connectivity index (χ4n) is 1.43. The molecule has 0 aromatic heterocycles. The maximum absolute atomic E-state index is 11.0. The molecule has 0 amide bonds. The van der Waals surface area contributed by atoms with E-state index in [1.807, 2.05) is 6.07 Å². The highest BCUT2D eigenvalue weighted by molar-refractivity contribution is 14.1. The van der Waals surface area contributed by atoms with E-state index in [0.717, 1.165) is 9.13 Å². The molecule has 0 unspecified atom stereocenters. The number of hydrogen-bond donors (Lipinski definition) is 1. The molecule has 0 aliphatic carbocycles. The van der Waals surface area contributed by atoms with E-state index in [0.29, 0.717) is 11.4 Å². The number of ether oxygens (including phenoxy) is 2. The summed E-state index contributed by atoms with van der Waals surface area (Å²) in [7, 11) is 1.27. The minimum absolute atomic E-state index is 0.0478. The second-order valence-corrected chi connectivity index (χ2v) is 5.84. The Morgan fingerprint density at radius 3 is 2.41 bits per heavy atom. The van der Waals surface area contributed by atoms with Crippen LogP contribution < -0.4 is 10.5 Å². The van der Waals surface area contributed by atoms with Gasteiger partial charge in [-0.2, -0.15) is 0 Å². The van der Waals surface area contributed by atoms with E-state index >= 15 is 0 Å². The van der Waals surface area contributed by atoms with Crippen molar-refractivity contribution in [2.24, 2.45) is 0 Å². The Hall–Kier alpha value is -0.980. The molecule has 0 saturated carbocycles. The van der Waals surface area contributed by atoms with Gasteiger partial charge in [-0.05, 0) is 39.6 Å². The summed E-state index contributed by atoms with van der Waals surface area (Å²) in [5.41, 5.74) is 7.55. The van der Waals surface area contributed by atoms with Gasteiger partial charge in [-0.3, -0.25) is 0 Å². The van der Waals surface area contributed by atoms with E-state index in [4.69, 9.17) is 10.5 Å². The van der Waals surface area contributed by atoms with Crippen molar-refractivity contribution in [1.82, 2.24) is 0 Å². The number of benzene rings is 1. The third kappa shape index (κ3) is 3.49. The molecule has 0 heterocycles. The second kappa shape index (κ2) is 5.12. The largest absolute Gasteiger partial charge is 0.513 e. The minimum atomic E-state index is -0.745. The van der Waals surface area contributed by atoms with Gasteiger partial charge < -0.3 is 15.2 Å². The van der Waals surface area contributed by atoms with E-state index in [1.165, 1.54) is 7.11 Å². The van der Waals surface area contributed by atoms with Crippen LogP contribution in [0.3, 0.4) is 0 Å². The molecule has 94 valence electrons. The Kier molecular flexibility index (Phi) is 4.24. The van der Waals surface area contributed by atoms with Gasteiger partial charge in [0.1, 0.15) is 5.75 Å². The number of nitrogens with two attached hydrogens (primary N) is 1. The average Bonchev–Trinajstić information content (AvgIpc) is 2.21. The number of carbonyl (C=O) groups is 1. The van der Waals surface area contributed by atoms with E-state index < -0.39 is 6.16 Å². The molecule has 0 bridgehead atoms. The van der Waals surface area contributed by atoms with Gasteiger partial charge in [0.15, 0.2) is 0 Å². The Labute approximate surface area is 115 Å². The molecule has 5 heteroatoms. The van der Waals surface area contributed by atoms with Gasteiger partial charge in [0.25, 0.3) is 0 Å². The standard InChI is InChI=1S/C12H16INO3/c1-12(2,3)7-5-8(13)10(6-9(7)14)17-11(15)16-4/h5-6H,14H2,1-4H3. The molecule has 4 nitrogen and oxygen atoms in total. The maximum Gasteiger partial charge on any atom is 0.513 e. The van der Waals surface area contributed by atoms with Crippen LogP contribution in [0, 0.1) is 3.57 Å². The van der Waals surface area contributed by atoms with Gasteiger partial charge in [-0.25, -0.2) is 4.79 Å². The summed E-state index contributed by atoms with van der Waals surface area (Å²) < 4.78 is 10.3. The molecule has 0 saturated heterocycles. The highest BCUT2D eigenvalue weighted by Gasteiger charge is 2.20. The molecule has 1 aromatic rings. The number of halogens is 1. The van der Waals surface area contributed by atoms with Crippen molar-refractivity contribution in [3.63, 3.8) is 0 Å². The molecule has 17 heavy (non-hydrogen) atoms. The van der Waals surface area contributed by atoms with Crippen molar-refractivity contribution in [3.8, 4) is 5.75 Å². The third-order valence-electron chi connectivity index (χ3n) is 2.27. The first kappa shape index (κ1) is 14.1. The Balaban J connectivity index is 3.14. The van der Waals surface area contributed by atoms with Gasteiger partial charge >= 0.3 is 6.16 Å². The normalized spacial score (nSPS) is 11.1. The zero-order valence-electron chi connectivity index (χ0n) is 10.3. The predicted molar refractivity (Wildman–Crippen MR) is 75.3 cm³/mol. The fraction of sp³-hybridized carbons (Fsp3) is 0.417. The first-order chi connectivity index (χ1) is 7.75. The lowest BCUT2D eigenvalue weighted by molar-refractivity contribution is 0.121. The topological polar surface area (TPSA) is 61.5 Å². The number of anilines is 1. The SMILES string of the molecule is COC(=O)Oc1cc(N)c(C(C)(C)C)cc1I. The van der Waals surface area contributed by atoms with E-state index in [1.54, 1.807) is 6.07 Å². The van der Waals surface area contributed by atoms with E-state index in [2.05, 4.69) is 48.1 Å². The van der Waals surface area contributed by atoms with Gasteiger partial charge in [0, 0.05) is 11.8 Å². The van der Waals surface area contributed by atoms with Gasteiger partial charge in [0.05, 0.1) is 10.7 Å². The van der Waals surface area contributed by atoms with Crippen LogP contribution in [-0.4, -0.2) is 13.3 Å². The molecule has 1 rings (SSSR count). The Morgan fingerprint density at radius 2 is 1.94 bits per heavy atom. The summed E-state index contributed by atoms with van der Waals surface area (Å²) >= 11 is 2.10. The van der Waals surface area contributed by atoms with Crippen molar-refractivity contribution in [3.05, 3.63) is 21.3 Å². The summed E-state index contributed by atoms with van der Waals surface area (Å²) in [5.74, 6) is 0.419. The van der Waals surface area contributed by atoms with Crippen molar-refractivity contribution in [2.45, 2.75) is 26.2 Å². The molecule has 0 aliphatic heterocycles. The fourth-order valence-corrected chi connectivity index (χ4v) is 2.01. The van der Waals surface area contributed by atoms with Crippen molar-refractivity contribution < 1.29 is 14.3 Å². The summed E-state index contributed by atoms with van der Waals surface area (Å²) in [6.07, 6.45) is -0.745. The summed E-state index contributed by atoms with van der Waals surface area (Å²) in [4.78, 5) is 11.0. The molecule has 0 atom stereocenters. The third-order valence-corrected chi connectivity index (χ3v) is 3.12. The van der Waals surface area contributed by atoms with Crippen LogP contribution in [0.5, 0.6) is 5.75 Å². The smallest absolute Gasteiger partial charge is 0.437 e. The predicted octanol–water partition coefficient (Wildman–Crippen LogP) is 3.32. The number of hydrogen-bond acceptors (Lipinski definition) is 4. The number of carbonyl (C=O) groups excluding carboxylic acids is 1. The van der Waals surface area contributed by atoms with Crippen molar-refractivity contribution >= 4 is 34.4 Å². The van der Waals surface area contributed by atoms with E-state index in [-0.39, 0.29) is 5.41 Å². The van der Waals surface area contributed by atoms with Gasteiger partial charge in [0.2, 0.25) is 0 Å². The van der Waals surface area contributed by atoms with Crippen LogP contribution in [-0.2, 0) is 10.2 Å². The Bertz CT molecular complexity index is 438. The highest BCUT2D eigenvalue weighted by Crippen LogP contribution is 2.34. The second-order valence-electron chi connectivity index (χ2n) is 4.68. The minimum Gasteiger partial charge on any atom is -0.437 e. The van der Waals surface area contributed by atoms with Crippen LogP contribution in [0.2, 0.25) is 0 Å². The Morgan fingerprint density at radius 1 is 1.35 bits per heavy atom. The molecule has 0 radical (unpaired) electrons. The van der Waals surface area contributed by atoms with Gasteiger partial charge in [-0.1, -0.05) is 20.8 Å². The first-order valence-electron chi connectivity index (χ1n) is 5.11. The first-order valence-corrected chi connectivity index (χ1v) is 6.19. The number of methoxy groups -OCH3 is 1. The lowest BCUT2D eigenvalue weighted by Crippen LogP contribution is -2.15.